The van der Waals surface area contributed by atoms with Gasteiger partial charge >= 0.3 is 0 Å². The van der Waals surface area contributed by atoms with Crippen molar-refractivity contribution in [3.8, 4) is 0 Å². The molecule has 4 atom stereocenters. The van der Waals surface area contributed by atoms with Gasteiger partial charge in [-0.25, -0.2) is 0 Å². The van der Waals surface area contributed by atoms with E-state index in [4.69, 9.17) is 0 Å². The molecule has 0 heterocycles. The van der Waals surface area contributed by atoms with Crippen molar-refractivity contribution in [3.05, 3.63) is 0 Å². The monoisotopic (exact) mass is 1030 g/mol. The third-order valence-corrected chi connectivity index (χ3v) is 16.6. The molecule has 5 N–H and O–H groups in total. The summed E-state index contributed by atoms with van der Waals surface area (Å²) in [6.07, 6.45) is 75.1. The highest BCUT2D eigenvalue weighted by Gasteiger charge is 2.28. The van der Waals surface area contributed by atoms with Crippen LogP contribution in [-0.4, -0.2) is 57.3 Å². The van der Waals surface area contributed by atoms with Crippen molar-refractivity contribution in [1.82, 2.24) is 5.32 Å². The molecule has 0 aromatic carbocycles. The topological polar surface area (TPSA) is 110 Å². The fraction of sp³-hybridized carbons (Fsp3) is 0.985. The first-order chi connectivity index (χ1) is 36.0. The van der Waals surface area contributed by atoms with Crippen LogP contribution >= 0.6 is 0 Å². The van der Waals surface area contributed by atoms with Crippen LogP contribution in [0.1, 0.15) is 393 Å². The summed E-state index contributed by atoms with van der Waals surface area (Å²) in [6, 6.07) is -0.982. The van der Waals surface area contributed by atoms with Gasteiger partial charge in [-0.1, -0.05) is 380 Å². The van der Waals surface area contributed by atoms with Gasteiger partial charge in [0.15, 0.2) is 0 Å². The van der Waals surface area contributed by atoms with Crippen molar-refractivity contribution in [1.29, 1.82) is 0 Å². The fourth-order valence-electron chi connectivity index (χ4n) is 11.3. The lowest BCUT2D eigenvalue weighted by molar-refractivity contribution is -0.132. The lowest BCUT2D eigenvalue weighted by Gasteiger charge is -2.27. The van der Waals surface area contributed by atoms with E-state index in [0.717, 1.165) is 38.5 Å². The molecular formula is C67H135NO5. The largest absolute Gasteiger partial charge is 0.394 e. The molecule has 0 saturated heterocycles. The number of unbranched alkanes of at least 4 members (excludes halogenated alkanes) is 55. The van der Waals surface area contributed by atoms with Crippen molar-refractivity contribution in [3.63, 3.8) is 0 Å². The average molecular weight is 1030 g/mol. The van der Waals surface area contributed by atoms with Gasteiger partial charge in [0, 0.05) is 0 Å². The normalized spacial score (nSPS) is 13.5. The predicted octanol–water partition coefficient (Wildman–Crippen LogP) is 20.6. The summed E-state index contributed by atoms with van der Waals surface area (Å²) in [6.45, 7) is 4.12. The maximum absolute atomic E-state index is 12.7. The molecule has 0 radical (unpaired) electrons. The van der Waals surface area contributed by atoms with Crippen LogP contribution in [0.15, 0.2) is 0 Å². The number of hydrogen-bond acceptors (Lipinski definition) is 5. The second-order valence-electron chi connectivity index (χ2n) is 23.9. The Morgan fingerprint density at radius 3 is 0.658 bits per heavy atom. The van der Waals surface area contributed by atoms with E-state index in [1.807, 2.05) is 0 Å². The Labute approximate surface area is 458 Å². The van der Waals surface area contributed by atoms with E-state index in [2.05, 4.69) is 19.2 Å². The average Bonchev–Trinajstić information content (AvgIpc) is 3.40. The first-order valence-corrected chi connectivity index (χ1v) is 33.9. The van der Waals surface area contributed by atoms with Crippen LogP contribution in [0.3, 0.4) is 0 Å². The minimum atomic E-state index is -1.26. The number of amides is 1. The Hall–Kier alpha value is -0.690. The smallest absolute Gasteiger partial charge is 0.249 e. The molecule has 438 valence electrons. The Morgan fingerprint density at radius 2 is 0.466 bits per heavy atom. The summed E-state index contributed by atoms with van der Waals surface area (Å²) >= 11 is 0. The Bertz CT molecular complexity index is 1030. The van der Waals surface area contributed by atoms with Crippen molar-refractivity contribution < 1.29 is 25.2 Å². The van der Waals surface area contributed by atoms with Crippen molar-refractivity contribution >= 4 is 5.91 Å². The molecule has 0 aromatic rings. The molecule has 6 nitrogen and oxygen atoms in total. The van der Waals surface area contributed by atoms with Crippen molar-refractivity contribution in [2.24, 2.45) is 0 Å². The number of carbonyl (C=O) groups excluding carboxylic acids is 1. The molecular weight excluding hydrogens is 899 g/mol. The summed E-state index contributed by atoms with van der Waals surface area (Å²) in [5.41, 5.74) is 0. The molecule has 0 rings (SSSR count). The Morgan fingerprint density at radius 1 is 0.288 bits per heavy atom. The number of rotatable bonds is 64. The lowest BCUT2D eigenvalue weighted by Crippen LogP contribution is -2.53. The molecule has 6 heteroatoms. The SMILES string of the molecule is CCCCCCCCCCCCCCCCCCCCCCCCCCCCCCCCCCCCC(O)C(=O)NC(CO)C(O)C(O)CCCCCCCCCCCCCCCCCCCCCCCCC. The molecule has 0 saturated carbocycles. The highest BCUT2D eigenvalue weighted by Crippen LogP contribution is 2.20. The van der Waals surface area contributed by atoms with Gasteiger partial charge in [-0.05, 0) is 12.8 Å². The minimum Gasteiger partial charge on any atom is -0.394 e. The lowest BCUT2D eigenvalue weighted by atomic mass is 9.99. The quantitative estimate of drug-likeness (QED) is 0.0390. The van der Waals surface area contributed by atoms with Crippen LogP contribution < -0.4 is 5.32 Å². The highest BCUT2D eigenvalue weighted by atomic mass is 16.3. The van der Waals surface area contributed by atoms with Crippen molar-refractivity contribution in [2.75, 3.05) is 6.61 Å². The third-order valence-electron chi connectivity index (χ3n) is 16.6. The van der Waals surface area contributed by atoms with E-state index in [1.54, 1.807) is 0 Å². The standard InChI is InChI=1S/C67H135NO5/c1-3-5-7-9-11-13-15-17-19-21-23-25-27-28-29-30-31-32-33-34-35-36-37-39-41-43-45-47-49-51-53-55-57-59-61-65(71)67(73)68-63(62-69)66(72)64(70)60-58-56-54-52-50-48-46-44-42-40-38-26-24-22-20-18-16-14-12-10-8-6-4-2/h63-66,69-72H,3-62H2,1-2H3,(H,68,73). The maximum atomic E-state index is 12.7. The van der Waals surface area contributed by atoms with Crippen LogP contribution in [0.25, 0.3) is 0 Å². The summed E-state index contributed by atoms with van der Waals surface area (Å²) in [4.78, 5) is 12.7. The molecule has 0 fully saturated rings. The summed E-state index contributed by atoms with van der Waals surface area (Å²) < 4.78 is 0. The minimum absolute atomic E-state index is 0.377. The fourth-order valence-corrected chi connectivity index (χ4v) is 11.3. The molecule has 1 amide bonds. The van der Waals surface area contributed by atoms with Crippen molar-refractivity contribution in [2.45, 2.75) is 417 Å². The zero-order chi connectivity index (χ0) is 53.0. The molecule has 0 aliphatic rings. The van der Waals surface area contributed by atoms with Gasteiger partial charge < -0.3 is 25.7 Å². The molecule has 0 aromatic heterocycles. The van der Waals surface area contributed by atoms with E-state index in [0.29, 0.717) is 12.8 Å². The summed E-state index contributed by atoms with van der Waals surface area (Å²) in [7, 11) is 0. The van der Waals surface area contributed by atoms with Crippen LogP contribution in [0.4, 0.5) is 0 Å². The zero-order valence-electron chi connectivity index (χ0n) is 49.9. The molecule has 4 unspecified atom stereocenters. The number of aliphatic hydroxyl groups excluding tert-OH is 4. The maximum Gasteiger partial charge on any atom is 0.249 e. The second kappa shape index (κ2) is 62.2. The summed E-state index contributed by atoms with van der Waals surface area (Å²) in [5, 5.41) is 44.2. The van der Waals surface area contributed by atoms with Gasteiger partial charge in [0.1, 0.15) is 12.2 Å². The van der Waals surface area contributed by atoms with E-state index >= 15 is 0 Å². The predicted molar refractivity (Wildman–Crippen MR) is 321 cm³/mol. The van der Waals surface area contributed by atoms with Gasteiger partial charge in [0.05, 0.1) is 18.8 Å². The Balaban J connectivity index is 3.50. The molecule has 73 heavy (non-hydrogen) atoms. The van der Waals surface area contributed by atoms with Crippen LogP contribution in [0.2, 0.25) is 0 Å². The van der Waals surface area contributed by atoms with E-state index in [-0.39, 0.29) is 0 Å². The van der Waals surface area contributed by atoms with E-state index in [1.165, 1.54) is 327 Å². The number of aliphatic hydroxyl groups is 4. The van der Waals surface area contributed by atoms with Gasteiger partial charge in [-0.15, -0.1) is 0 Å². The third kappa shape index (κ3) is 55.9. The molecule has 0 aliphatic heterocycles. The van der Waals surface area contributed by atoms with Gasteiger partial charge in [-0.3, -0.25) is 4.79 Å². The number of carbonyl (C=O) groups is 1. The molecule has 0 bridgehead atoms. The zero-order valence-corrected chi connectivity index (χ0v) is 49.9. The molecule has 0 aliphatic carbocycles. The van der Waals surface area contributed by atoms with Crippen LogP contribution in [-0.2, 0) is 4.79 Å². The Kier molecular flexibility index (Phi) is 61.6. The number of hydrogen-bond donors (Lipinski definition) is 5. The first kappa shape index (κ1) is 72.3. The van der Waals surface area contributed by atoms with Gasteiger partial charge in [0.25, 0.3) is 0 Å². The van der Waals surface area contributed by atoms with Gasteiger partial charge in [-0.2, -0.15) is 0 Å². The van der Waals surface area contributed by atoms with E-state index < -0.39 is 36.9 Å². The number of nitrogens with one attached hydrogen (secondary N) is 1. The highest BCUT2D eigenvalue weighted by molar-refractivity contribution is 5.80. The summed E-state index contributed by atoms with van der Waals surface area (Å²) in [5.74, 6) is -0.573. The van der Waals surface area contributed by atoms with Crippen LogP contribution in [0, 0.1) is 0 Å². The van der Waals surface area contributed by atoms with E-state index in [9.17, 15) is 25.2 Å². The first-order valence-electron chi connectivity index (χ1n) is 33.9. The molecule has 0 spiro atoms. The van der Waals surface area contributed by atoms with Gasteiger partial charge in [0.2, 0.25) is 5.91 Å². The van der Waals surface area contributed by atoms with Crippen LogP contribution in [0.5, 0.6) is 0 Å². The second-order valence-corrected chi connectivity index (χ2v) is 23.9.